The van der Waals surface area contributed by atoms with Crippen LogP contribution in [0, 0.1) is 5.92 Å². The minimum Gasteiger partial charge on any atom is -0.383 e. The van der Waals surface area contributed by atoms with Gasteiger partial charge in [-0.25, -0.2) is 4.98 Å². The number of nitrogens with zero attached hydrogens (tertiary/aromatic N) is 4. The van der Waals surface area contributed by atoms with Crippen LogP contribution in [-0.2, 0) is 4.74 Å². The predicted octanol–water partition coefficient (Wildman–Crippen LogP) is 2.85. The Labute approximate surface area is 150 Å². The summed E-state index contributed by atoms with van der Waals surface area (Å²) >= 11 is 0. The Morgan fingerprint density at radius 2 is 2.08 bits per heavy atom. The summed E-state index contributed by atoms with van der Waals surface area (Å²) in [5.41, 5.74) is 1.91. The zero-order valence-corrected chi connectivity index (χ0v) is 15.3. The van der Waals surface area contributed by atoms with Crippen molar-refractivity contribution in [3.8, 4) is 0 Å². The van der Waals surface area contributed by atoms with Crippen molar-refractivity contribution < 1.29 is 4.74 Å². The van der Waals surface area contributed by atoms with E-state index in [1.54, 1.807) is 7.11 Å². The molecule has 1 aliphatic rings. The first kappa shape index (κ1) is 18.9. The van der Waals surface area contributed by atoms with Crippen molar-refractivity contribution in [1.82, 2.24) is 14.9 Å². The number of hydrogen-bond donors (Lipinski definition) is 0. The fourth-order valence-electron chi connectivity index (χ4n) is 3.34. The summed E-state index contributed by atoms with van der Waals surface area (Å²) < 4.78 is 5.20. The molecule has 3 rings (SSSR count). The monoisotopic (exact) mass is 350 g/mol. The van der Waals surface area contributed by atoms with E-state index >= 15 is 0 Å². The molecule has 132 valence electrons. The van der Waals surface area contributed by atoms with Crippen LogP contribution in [0.2, 0.25) is 0 Å². The van der Waals surface area contributed by atoms with E-state index in [-0.39, 0.29) is 12.4 Å². The van der Waals surface area contributed by atoms with Crippen LogP contribution in [0.15, 0.2) is 30.5 Å². The molecule has 0 radical (unpaired) electrons. The van der Waals surface area contributed by atoms with Gasteiger partial charge in [-0.3, -0.25) is 4.98 Å². The Balaban J connectivity index is 0.00000208. The van der Waals surface area contributed by atoms with E-state index in [0.717, 1.165) is 43.1 Å². The van der Waals surface area contributed by atoms with Crippen LogP contribution in [0.4, 0.5) is 5.82 Å². The first-order valence-electron chi connectivity index (χ1n) is 8.40. The number of para-hydroxylation sites is 2. The number of likely N-dealkylation sites (tertiary alicyclic amines) is 1. The summed E-state index contributed by atoms with van der Waals surface area (Å²) in [6.45, 7) is 5.22. The third-order valence-electron chi connectivity index (χ3n) is 4.57. The van der Waals surface area contributed by atoms with Gasteiger partial charge in [0.15, 0.2) is 0 Å². The van der Waals surface area contributed by atoms with Gasteiger partial charge in [-0.2, -0.15) is 0 Å². The molecule has 2 aromatic rings. The van der Waals surface area contributed by atoms with Gasteiger partial charge >= 0.3 is 0 Å². The predicted molar refractivity (Wildman–Crippen MR) is 101 cm³/mol. The highest BCUT2D eigenvalue weighted by Crippen LogP contribution is 2.20. The third kappa shape index (κ3) is 4.79. The maximum atomic E-state index is 5.20. The molecule has 0 N–H and O–H groups in total. The second-order valence-electron chi connectivity index (χ2n) is 6.40. The Morgan fingerprint density at radius 3 is 2.88 bits per heavy atom. The van der Waals surface area contributed by atoms with Crippen molar-refractivity contribution in [1.29, 1.82) is 0 Å². The van der Waals surface area contributed by atoms with Crippen LogP contribution in [0.25, 0.3) is 11.0 Å². The molecule has 1 aromatic heterocycles. The number of halogens is 1. The molecule has 6 heteroatoms. The molecular weight excluding hydrogens is 324 g/mol. The molecule has 1 aromatic carbocycles. The summed E-state index contributed by atoms with van der Waals surface area (Å²) in [5, 5.41) is 0. The highest BCUT2D eigenvalue weighted by atomic mass is 35.5. The second kappa shape index (κ2) is 9.16. The van der Waals surface area contributed by atoms with E-state index in [9.17, 15) is 0 Å². The summed E-state index contributed by atoms with van der Waals surface area (Å²) in [7, 11) is 3.89. The lowest BCUT2D eigenvalue weighted by atomic mass is 9.97. The van der Waals surface area contributed by atoms with Crippen molar-refractivity contribution in [3.63, 3.8) is 0 Å². The lowest BCUT2D eigenvalue weighted by Gasteiger charge is -2.34. The summed E-state index contributed by atoms with van der Waals surface area (Å²) in [5.74, 6) is 1.64. The third-order valence-corrected chi connectivity index (χ3v) is 4.57. The van der Waals surface area contributed by atoms with Gasteiger partial charge in [0, 0.05) is 33.8 Å². The van der Waals surface area contributed by atoms with Crippen molar-refractivity contribution in [2.45, 2.75) is 12.8 Å². The van der Waals surface area contributed by atoms with E-state index in [1.807, 2.05) is 30.5 Å². The van der Waals surface area contributed by atoms with Crippen LogP contribution in [0.5, 0.6) is 0 Å². The Bertz CT molecular complexity index is 639. The minimum atomic E-state index is 0. The number of anilines is 1. The van der Waals surface area contributed by atoms with Gasteiger partial charge in [0.1, 0.15) is 5.82 Å². The molecule has 1 saturated heterocycles. The van der Waals surface area contributed by atoms with Gasteiger partial charge < -0.3 is 14.5 Å². The van der Waals surface area contributed by atoms with Crippen LogP contribution in [-0.4, -0.2) is 61.8 Å². The number of ether oxygens (including phenoxy) is 1. The van der Waals surface area contributed by atoms with Gasteiger partial charge in [0.25, 0.3) is 0 Å². The number of hydrogen-bond acceptors (Lipinski definition) is 5. The SMILES string of the molecule is COCCN1CCCC(CN(C)c2cnc3ccccc3n2)C1.Cl. The first-order valence-corrected chi connectivity index (χ1v) is 8.40. The molecule has 2 heterocycles. The van der Waals surface area contributed by atoms with E-state index < -0.39 is 0 Å². The maximum absolute atomic E-state index is 5.20. The first-order chi connectivity index (χ1) is 11.3. The maximum Gasteiger partial charge on any atom is 0.147 e. The average Bonchev–Trinajstić information content (AvgIpc) is 2.60. The normalized spacial score (nSPS) is 18.3. The quantitative estimate of drug-likeness (QED) is 0.801. The molecule has 24 heavy (non-hydrogen) atoms. The molecule has 0 bridgehead atoms. The average molecular weight is 351 g/mol. The lowest BCUT2D eigenvalue weighted by Crippen LogP contribution is -2.41. The molecule has 1 unspecified atom stereocenters. The molecule has 0 amide bonds. The lowest BCUT2D eigenvalue weighted by molar-refractivity contribution is 0.116. The van der Waals surface area contributed by atoms with E-state index in [0.29, 0.717) is 5.92 Å². The molecule has 1 fully saturated rings. The van der Waals surface area contributed by atoms with Gasteiger partial charge in [-0.05, 0) is 37.4 Å². The fraction of sp³-hybridized carbons (Fsp3) is 0.556. The van der Waals surface area contributed by atoms with Gasteiger partial charge in [0.2, 0.25) is 0 Å². The molecule has 0 spiro atoms. The Hall–Kier alpha value is -1.43. The van der Waals surface area contributed by atoms with Crippen LogP contribution < -0.4 is 4.90 Å². The number of aromatic nitrogens is 2. The van der Waals surface area contributed by atoms with Crippen LogP contribution in [0.3, 0.4) is 0 Å². The minimum absolute atomic E-state index is 0. The smallest absolute Gasteiger partial charge is 0.147 e. The number of fused-ring (bicyclic) bond motifs is 1. The van der Waals surface area contributed by atoms with E-state index in [4.69, 9.17) is 9.72 Å². The molecule has 5 nitrogen and oxygen atoms in total. The summed E-state index contributed by atoms with van der Waals surface area (Å²) in [4.78, 5) is 14.0. The Morgan fingerprint density at radius 1 is 1.29 bits per heavy atom. The van der Waals surface area contributed by atoms with Crippen LogP contribution >= 0.6 is 12.4 Å². The highest BCUT2D eigenvalue weighted by molar-refractivity contribution is 5.85. The molecule has 0 aliphatic carbocycles. The molecule has 1 aliphatic heterocycles. The fourth-order valence-corrected chi connectivity index (χ4v) is 3.34. The number of piperidine rings is 1. The van der Waals surface area contributed by atoms with Crippen LogP contribution in [0.1, 0.15) is 12.8 Å². The number of methoxy groups -OCH3 is 1. The van der Waals surface area contributed by atoms with Crippen molar-refractivity contribution in [2.24, 2.45) is 5.92 Å². The zero-order valence-electron chi connectivity index (χ0n) is 14.5. The second-order valence-corrected chi connectivity index (χ2v) is 6.40. The van der Waals surface area contributed by atoms with Crippen molar-refractivity contribution in [2.75, 3.05) is 51.8 Å². The summed E-state index contributed by atoms with van der Waals surface area (Å²) in [6, 6.07) is 8.03. The van der Waals surface area contributed by atoms with Crippen molar-refractivity contribution in [3.05, 3.63) is 30.5 Å². The zero-order chi connectivity index (χ0) is 16.1. The van der Waals surface area contributed by atoms with E-state index in [2.05, 4.69) is 21.8 Å². The summed E-state index contributed by atoms with van der Waals surface area (Å²) in [6.07, 6.45) is 4.44. The number of benzene rings is 1. The van der Waals surface area contributed by atoms with Crippen molar-refractivity contribution >= 4 is 29.3 Å². The van der Waals surface area contributed by atoms with Gasteiger partial charge in [-0.15, -0.1) is 12.4 Å². The molecular formula is C18H27ClN4O. The molecule has 0 saturated carbocycles. The number of rotatable bonds is 6. The highest BCUT2D eigenvalue weighted by Gasteiger charge is 2.21. The molecule has 1 atom stereocenters. The Kier molecular flexibility index (Phi) is 7.21. The topological polar surface area (TPSA) is 41.5 Å². The largest absolute Gasteiger partial charge is 0.383 e. The van der Waals surface area contributed by atoms with Gasteiger partial charge in [0.05, 0.1) is 23.8 Å². The van der Waals surface area contributed by atoms with Gasteiger partial charge in [-0.1, -0.05) is 12.1 Å². The van der Waals surface area contributed by atoms with E-state index in [1.165, 1.54) is 19.4 Å². The standard InChI is InChI=1S/C18H26N4O.ClH/c1-21(13-15-6-5-9-22(14-15)10-11-23-2)18-12-19-16-7-3-4-8-17(16)20-18;/h3-4,7-8,12,15H,5-6,9-11,13-14H2,1-2H3;1H.